The second kappa shape index (κ2) is 5.61. The Labute approximate surface area is 117 Å². The van der Waals surface area contributed by atoms with Gasteiger partial charge in [0.25, 0.3) is 6.47 Å². The summed E-state index contributed by atoms with van der Waals surface area (Å²) in [7, 11) is 0. The van der Waals surface area contributed by atoms with Crippen LogP contribution in [0.5, 0.6) is 0 Å². The van der Waals surface area contributed by atoms with Crippen molar-refractivity contribution in [1.82, 2.24) is 4.98 Å². The number of aromatic amines is 1. The Kier molecular flexibility index (Phi) is 3.50. The minimum atomic E-state index is -0.255. The molecule has 3 nitrogen and oxygen atoms in total. The van der Waals surface area contributed by atoms with Crippen LogP contribution in [-0.4, -0.2) is 11.5 Å². The summed E-state index contributed by atoms with van der Waals surface area (Å²) in [5.74, 6) is 0. The number of aromatic nitrogens is 1. The minimum absolute atomic E-state index is 0.255. The van der Waals surface area contributed by atoms with Crippen LogP contribution in [-0.2, 0) is 16.0 Å². The normalized spacial score (nSPS) is 12.2. The van der Waals surface area contributed by atoms with E-state index >= 15 is 0 Å². The third-order valence-electron chi connectivity index (χ3n) is 3.43. The number of carbonyl (C=O) groups is 1. The largest absolute Gasteiger partial charge is 0.459 e. The van der Waals surface area contributed by atoms with Crippen LogP contribution in [0.25, 0.3) is 10.9 Å². The zero-order chi connectivity index (χ0) is 13.8. The molecule has 1 unspecified atom stereocenters. The molecule has 1 heterocycles. The van der Waals surface area contributed by atoms with Crippen molar-refractivity contribution in [1.29, 1.82) is 0 Å². The molecule has 3 aromatic rings. The van der Waals surface area contributed by atoms with Crippen molar-refractivity contribution in [3.05, 3.63) is 71.9 Å². The molecule has 0 saturated heterocycles. The summed E-state index contributed by atoms with van der Waals surface area (Å²) >= 11 is 0. The van der Waals surface area contributed by atoms with E-state index in [2.05, 4.69) is 11.1 Å². The molecule has 0 aliphatic carbocycles. The van der Waals surface area contributed by atoms with Gasteiger partial charge < -0.3 is 9.72 Å². The molecule has 0 spiro atoms. The smallest absolute Gasteiger partial charge is 0.293 e. The highest BCUT2D eigenvalue weighted by molar-refractivity contribution is 5.80. The van der Waals surface area contributed by atoms with Gasteiger partial charge in [0.05, 0.1) is 0 Å². The Hall–Kier alpha value is -2.55. The maximum absolute atomic E-state index is 10.8. The van der Waals surface area contributed by atoms with E-state index in [1.165, 1.54) is 0 Å². The van der Waals surface area contributed by atoms with Gasteiger partial charge in [-0.1, -0.05) is 36.4 Å². The van der Waals surface area contributed by atoms with Crippen molar-refractivity contribution in [2.45, 2.75) is 12.5 Å². The van der Waals surface area contributed by atoms with Gasteiger partial charge in [-0.2, -0.15) is 0 Å². The average molecular weight is 265 g/mol. The van der Waals surface area contributed by atoms with E-state index in [4.69, 9.17) is 4.74 Å². The third-order valence-corrected chi connectivity index (χ3v) is 3.43. The highest BCUT2D eigenvalue weighted by Gasteiger charge is 2.14. The Morgan fingerprint density at radius 1 is 1.10 bits per heavy atom. The van der Waals surface area contributed by atoms with Crippen molar-refractivity contribution < 1.29 is 9.53 Å². The maximum atomic E-state index is 10.8. The quantitative estimate of drug-likeness (QED) is 0.716. The standard InChI is InChI=1S/C17H15NO2/c19-12-20-17(10-13-4-2-1-3-5-13)15-6-7-16-14(11-15)8-9-18-16/h1-9,11-12,17-18H,10H2. The van der Waals surface area contributed by atoms with Crippen LogP contribution in [0.4, 0.5) is 0 Å². The molecule has 3 rings (SSSR count). The molecule has 0 aliphatic rings. The average Bonchev–Trinajstić information content (AvgIpc) is 2.95. The number of nitrogens with one attached hydrogen (secondary N) is 1. The summed E-state index contributed by atoms with van der Waals surface area (Å²) in [5.41, 5.74) is 3.24. The first-order valence-electron chi connectivity index (χ1n) is 6.57. The van der Waals surface area contributed by atoms with E-state index in [0.29, 0.717) is 12.9 Å². The molecule has 0 aliphatic heterocycles. The van der Waals surface area contributed by atoms with Crippen LogP contribution in [0.2, 0.25) is 0 Å². The molecule has 2 aromatic carbocycles. The number of carbonyl (C=O) groups excluding carboxylic acids is 1. The fraction of sp³-hybridized carbons (Fsp3) is 0.118. The number of ether oxygens (including phenoxy) is 1. The lowest BCUT2D eigenvalue weighted by atomic mass is 10.0. The molecule has 0 radical (unpaired) electrons. The summed E-state index contributed by atoms with van der Waals surface area (Å²) in [4.78, 5) is 13.9. The predicted octanol–water partition coefficient (Wildman–Crippen LogP) is 3.62. The summed E-state index contributed by atoms with van der Waals surface area (Å²) in [6, 6.07) is 18.1. The Morgan fingerprint density at radius 2 is 1.95 bits per heavy atom. The molecule has 1 aromatic heterocycles. The Morgan fingerprint density at radius 3 is 2.75 bits per heavy atom. The second-order valence-corrected chi connectivity index (χ2v) is 4.74. The van der Waals surface area contributed by atoms with Gasteiger partial charge in [0.15, 0.2) is 0 Å². The number of fused-ring (bicyclic) bond motifs is 1. The van der Waals surface area contributed by atoms with E-state index in [1.807, 2.05) is 54.7 Å². The number of rotatable bonds is 5. The molecule has 0 saturated carbocycles. The summed E-state index contributed by atoms with van der Waals surface area (Å²) in [5, 5.41) is 1.12. The molecule has 0 bridgehead atoms. The molecule has 1 atom stereocenters. The van der Waals surface area contributed by atoms with E-state index in [-0.39, 0.29) is 6.10 Å². The van der Waals surface area contributed by atoms with Crippen molar-refractivity contribution in [2.24, 2.45) is 0 Å². The van der Waals surface area contributed by atoms with Gasteiger partial charge in [0, 0.05) is 18.1 Å². The topological polar surface area (TPSA) is 42.1 Å². The van der Waals surface area contributed by atoms with Crippen LogP contribution in [0.15, 0.2) is 60.8 Å². The molecule has 20 heavy (non-hydrogen) atoms. The van der Waals surface area contributed by atoms with E-state index in [1.54, 1.807) is 0 Å². The van der Waals surface area contributed by atoms with Gasteiger partial charge in [-0.3, -0.25) is 4.79 Å². The lowest BCUT2D eigenvalue weighted by Gasteiger charge is -2.16. The van der Waals surface area contributed by atoms with Crippen LogP contribution < -0.4 is 0 Å². The molecular weight excluding hydrogens is 250 g/mol. The number of benzene rings is 2. The first-order valence-corrected chi connectivity index (χ1v) is 6.57. The summed E-state index contributed by atoms with van der Waals surface area (Å²) < 4.78 is 5.27. The molecule has 3 heteroatoms. The van der Waals surface area contributed by atoms with Gasteiger partial charge in [-0.15, -0.1) is 0 Å². The van der Waals surface area contributed by atoms with Crippen molar-refractivity contribution in [3.8, 4) is 0 Å². The molecule has 0 fully saturated rings. The first kappa shape index (κ1) is 12.5. The first-order chi connectivity index (χ1) is 9.86. The molecular formula is C17H15NO2. The number of hydrogen-bond donors (Lipinski definition) is 1. The van der Waals surface area contributed by atoms with Gasteiger partial charge in [0.1, 0.15) is 6.10 Å². The molecule has 100 valence electrons. The lowest BCUT2D eigenvalue weighted by Crippen LogP contribution is -2.06. The van der Waals surface area contributed by atoms with Crippen molar-refractivity contribution >= 4 is 17.4 Å². The zero-order valence-electron chi connectivity index (χ0n) is 11.0. The monoisotopic (exact) mass is 265 g/mol. The highest BCUT2D eigenvalue weighted by atomic mass is 16.5. The predicted molar refractivity (Wildman–Crippen MR) is 78.3 cm³/mol. The third kappa shape index (κ3) is 2.57. The van der Waals surface area contributed by atoms with Gasteiger partial charge in [0.2, 0.25) is 0 Å². The van der Waals surface area contributed by atoms with Crippen LogP contribution >= 0.6 is 0 Å². The lowest BCUT2D eigenvalue weighted by molar-refractivity contribution is -0.133. The highest BCUT2D eigenvalue weighted by Crippen LogP contribution is 2.25. The Bertz CT molecular complexity index is 703. The van der Waals surface area contributed by atoms with Crippen LogP contribution in [0, 0.1) is 0 Å². The fourth-order valence-electron chi connectivity index (χ4n) is 2.41. The SMILES string of the molecule is O=COC(Cc1ccccc1)c1ccc2[nH]ccc2c1. The molecule has 1 N–H and O–H groups in total. The zero-order valence-corrected chi connectivity index (χ0v) is 11.0. The Balaban J connectivity index is 1.90. The van der Waals surface area contributed by atoms with E-state index in [9.17, 15) is 4.79 Å². The van der Waals surface area contributed by atoms with Gasteiger partial charge in [-0.25, -0.2) is 0 Å². The van der Waals surface area contributed by atoms with Crippen LogP contribution in [0.3, 0.4) is 0 Å². The summed E-state index contributed by atoms with van der Waals surface area (Å²) in [6.07, 6.45) is 2.32. The fourth-order valence-corrected chi connectivity index (χ4v) is 2.41. The van der Waals surface area contributed by atoms with E-state index < -0.39 is 0 Å². The maximum Gasteiger partial charge on any atom is 0.293 e. The van der Waals surface area contributed by atoms with Crippen molar-refractivity contribution in [2.75, 3.05) is 0 Å². The van der Waals surface area contributed by atoms with Crippen molar-refractivity contribution in [3.63, 3.8) is 0 Å². The van der Waals surface area contributed by atoms with Gasteiger partial charge in [-0.05, 0) is 34.7 Å². The van der Waals surface area contributed by atoms with Crippen LogP contribution in [0.1, 0.15) is 17.2 Å². The number of hydrogen-bond acceptors (Lipinski definition) is 2. The number of H-pyrrole nitrogens is 1. The van der Waals surface area contributed by atoms with E-state index in [0.717, 1.165) is 22.0 Å². The molecule has 0 amide bonds. The van der Waals surface area contributed by atoms with Gasteiger partial charge >= 0.3 is 0 Å². The minimum Gasteiger partial charge on any atom is -0.459 e. The summed E-state index contributed by atoms with van der Waals surface area (Å²) in [6.45, 7) is 0.523. The second-order valence-electron chi connectivity index (χ2n) is 4.74.